The van der Waals surface area contributed by atoms with Crippen LogP contribution in [0.15, 0.2) is 89.5 Å². The van der Waals surface area contributed by atoms with Gasteiger partial charge in [0, 0.05) is 90.2 Å². The van der Waals surface area contributed by atoms with E-state index in [0.717, 1.165) is 0 Å². The van der Waals surface area contributed by atoms with E-state index in [1.54, 1.807) is 32.0 Å². The maximum Gasteiger partial charge on any atom is 0.162 e. The van der Waals surface area contributed by atoms with Gasteiger partial charge < -0.3 is 10.7 Å². The predicted octanol–water partition coefficient (Wildman–Crippen LogP) is 20.3. The molecule has 6 aromatic heterocycles. The molecule has 68 heavy (non-hydrogen) atoms. The molecule has 0 spiro atoms. The Labute approximate surface area is 435 Å². The first kappa shape index (κ1) is 50.2. The standard InChI is InChI=1S/C21H27NS2Si.C17H17ClS2Si.C15H12S2.C4H11N/c1-12-13(2)20(25(6,7)22-21(3,4)5)19-16(12)18-17(24-19)14-10-8-9-11-15(14)23-18;1-9-10(2)17(21(3,4)18)16-13(9)15-14(20-16)11-7-5-6-8-12(11)19-15;1-8-7-12-13(9(8)2)15-14(17-12)10-5-3-4-6-11(10)16-15;1-4(2,3)5/h8-11,20,22H,1-7H3;5-8,17H,1-4H3;3-6H,7H2,1-2H3;5H2,1-3H3. The minimum Gasteiger partial charge on any atom is -0.332 e. The van der Waals surface area contributed by atoms with Gasteiger partial charge in [0.05, 0.1) is 28.2 Å². The number of benzene rings is 3. The second-order valence-electron chi connectivity index (χ2n) is 22.4. The number of hydrogen-bond donors (Lipinski definition) is 2. The van der Waals surface area contributed by atoms with E-state index in [1.807, 2.05) is 77.5 Å². The van der Waals surface area contributed by atoms with E-state index in [-0.39, 0.29) is 11.1 Å². The topological polar surface area (TPSA) is 38.0 Å². The molecule has 3 N–H and O–H groups in total. The molecular weight excluding hydrogens is 997 g/mol. The van der Waals surface area contributed by atoms with Crippen LogP contribution >= 0.6 is 79.1 Å². The van der Waals surface area contributed by atoms with E-state index in [0.29, 0.717) is 11.1 Å². The Hall–Kier alpha value is -2.72. The highest BCUT2D eigenvalue weighted by Gasteiger charge is 2.45. The third kappa shape index (κ3) is 9.10. The Kier molecular flexibility index (Phi) is 13.4. The molecule has 2 unspecified atom stereocenters. The summed E-state index contributed by atoms with van der Waals surface area (Å²) in [6.07, 6.45) is 1.17. The second-order valence-corrected chi connectivity index (χ2v) is 39.7. The molecule has 9 aromatic rings. The average Bonchev–Trinajstić information content (AvgIpc) is 4.11. The molecule has 0 saturated carbocycles. The van der Waals surface area contributed by atoms with Crippen LogP contribution in [0.3, 0.4) is 0 Å². The van der Waals surface area contributed by atoms with E-state index in [1.165, 1.54) is 97.6 Å². The molecule has 3 aromatic carbocycles. The van der Waals surface area contributed by atoms with E-state index in [9.17, 15) is 0 Å². The highest BCUT2D eigenvalue weighted by molar-refractivity contribution is 7.35. The van der Waals surface area contributed by atoms with Crippen molar-refractivity contribution in [3.8, 4) is 0 Å². The van der Waals surface area contributed by atoms with Gasteiger partial charge in [-0.2, -0.15) is 11.1 Å². The maximum absolute atomic E-state index is 6.85. The van der Waals surface area contributed by atoms with Crippen LogP contribution in [0.2, 0.25) is 26.2 Å². The largest absolute Gasteiger partial charge is 0.332 e. The summed E-state index contributed by atoms with van der Waals surface area (Å²) in [5, 5.41) is 4.29. The van der Waals surface area contributed by atoms with Crippen LogP contribution in [0.25, 0.3) is 75.2 Å². The molecule has 0 bridgehead atoms. The molecule has 0 fully saturated rings. The summed E-state index contributed by atoms with van der Waals surface area (Å²) in [6.45, 7) is 36.1. The third-order valence-corrected chi connectivity index (χ3v) is 28.1. The summed E-state index contributed by atoms with van der Waals surface area (Å²) in [7, 11) is -3.41. The molecule has 11 heteroatoms. The van der Waals surface area contributed by atoms with Crippen molar-refractivity contribution in [2.75, 3.05) is 0 Å². The van der Waals surface area contributed by atoms with E-state index < -0.39 is 15.6 Å². The number of halogens is 1. The molecule has 0 aliphatic heterocycles. The van der Waals surface area contributed by atoms with Crippen LogP contribution in [0, 0.1) is 0 Å². The second kappa shape index (κ2) is 18.1. The van der Waals surface area contributed by atoms with Gasteiger partial charge in [0.2, 0.25) is 0 Å². The first-order valence-electron chi connectivity index (χ1n) is 23.8. The van der Waals surface area contributed by atoms with Crippen LogP contribution in [-0.4, -0.2) is 26.7 Å². The predicted molar refractivity (Wildman–Crippen MR) is 323 cm³/mol. The average molecular weight is 1060 g/mol. The SMILES string of the molecule is CC(C)(C)N.CC1=C(C)C([Si](C)(C)Cl)c2sc3c(sc4ccccc43)c21.CC1=C(C)C([Si](C)(C)NC(C)(C)C)c2sc3c(sc4ccccc43)c21.CC1=C(C)c2c(sc3c2sc2ccccc23)C1. The van der Waals surface area contributed by atoms with Crippen LogP contribution in [-0.2, 0) is 6.42 Å². The summed E-state index contributed by atoms with van der Waals surface area (Å²) in [6, 6.07) is 26.4. The van der Waals surface area contributed by atoms with Gasteiger partial charge in [-0.25, -0.2) is 0 Å². The zero-order chi connectivity index (χ0) is 49.2. The molecule has 2 nitrogen and oxygen atoms in total. The van der Waals surface area contributed by atoms with Gasteiger partial charge in [-0.1, -0.05) is 97.5 Å². The summed E-state index contributed by atoms with van der Waals surface area (Å²) in [5.41, 5.74) is 20.3. The van der Waals surface area contributed by atoms with Crippen molar-refractivity contribution in [3.63, 3.8) is 0 Å². The van der Waals surface area contributed by atoms with Crippen molar-refractivity contribution < 1.29 is 0 Å². The Morgan fingerprint density at radius 2 is 0.882 bits per heavy atom. The lowest BCUT2D eigenvalue weighted by Gasteiger charge is -2.38. The molecule has 0 saturated heterocycles. The summed E-state index contributed by atoms with van der Waals surface area (Å²) in [5.74, 6) is 0. The quantitative estimate of drug-likeness (QED) is 0.137. The van der Waals surface area contributed by atoms with E-state index >= 15 is 0 Å². The van der Waals surface area contributed by atoms with Crippen molar-refractivity contribution in [2.24, 2.45) is 5.73 Å². The molecule has 6 heterocycles. The first-order chi connectivity index (χ1) is 31.7. The van der Waals surface area contributed by atoms with Crippen LogP contribution in [0.1, 0.15) is 125 Å². The lowest BCUT2D eigenvalue weighted by atomic mass is 10.1. The number of nitrogens with one attached hydrogen (secondary N) is 1. The number of thiophene rings is 6. The summed E-state index contributed by atoms with van der Waals surface area (Å²) < 4.78 is 13.2. The van der Waals surface area contributed by atoms with E-state index in [2.05, 4.69) is 178 Å². The highest BCUT2D eigenvalue weighted by Crippen LogP contribution is 2.58. The van der Waals surface area contributed by atoms with Crippen LogP contribution in [0.4, 0.5) is 0 Å². The molecule has 356 valence electrons. The number of fused-ring (bicyclic) bond motifs is 15. The fourth-order valence-corrected chi connectivity index (χ4v) is 29.1. The molecule has 0 radical (unpaired) electrons. The number of nitrogens with two attached hydrogens (primary N) is 1. The Morgan fingerprint density at radius 3 is 1.29 bits per heavy atom. The minimum atomic E-state index is -1.75. The van der Waals surface area contributed by atoms with Gasteiger partial charge in [-0.05, 0) is 118 Å². The summed E-state index contributed by atoms with van der Waals surface area (Å²) in [4.78, 5) is 8.75. The van der Waals surface area contributed by atoms with Crippen molar-refractivity contribution in [1.82, 2.24) is 4.98 Å². The van der Waals surface area contributed by atoms with Crippen molar-refractivity contribution in [1.29, 1.82) is 0 Å². The third-order valence-electron chi connectivity index (χ3n) is 13.6. The van der Waals surface area contributed by atoms with Crippen molar-refractivity contribution in [3.05, 3.63) is 121 Å². The summed E-state index contributed by atoms with van der Waals surface area (Å²) >= 11 is 18.8. The number of allylic oxidation sites excluding steroid dienone is 6. The zero-order valence-electron chi connectivity index (χ0n) is 42.7. The molecular formula is C57H67ClN2S6Si2. The van der Waals surface area contributed by atoms with Crippen LogP contribution < -0.4 is 10.7 Å². The van der Waals surface area contributed by atoms with Gasteiger partial charge >= 0.3 is 0 Å². The lowest BCUT2D eigenvalue weighted by molar-refractivity contribution is 0.508. The minimum absolute atomic E-state index is 0. The molecule has 12 rings (SSSR count). The van der Waals surface area contributed by atoms with E-state index in [4.69, 9.17) is 16.8 Å². The normalized spacial score (nSPS) is 17.4. The number of rotatable bonds is 3. The Bertz CT molecular complexity index is 3530. The van der Waals surface area contributed by atoms with Gasteiger partial charge in [0.25, 0.3) is 0 Å². The van der Waals surface area contributed by atoms with Crippen molar-refractivity contribution >= 4 is 170 Å². The molecule has 0 amide bonds. The molecule has 3 aliphatic carbocycles. The fourth-order valence-electron chi connectivity index (χ4n) is 10.9. The van der Waals surface area contributed by atoms with Crippen LogP contribution in [0.5, 0.6) is 0 Å². The lowest BCUT2D eigenvalue weighted by Crippen LogP contribution is -2.57. The fraction of sp³-hybridized carbons (Fsp3) is 0.368. The molecule has 3 aliphatic rings. The smallest absolute Gasteiger partial charge is 0.162 e. The van der Waals surface area contributed by atoms with Crippen molar-refractivity contribution in [2.45, 2.75) is 138 Å². The first-order valence-corrected chi connectivity index (χ1v) is 35.9. The zero-order valence-corrected chi connectivity index (χ0v) is 50.3. The monoisotopic (exact) mass is 1060 g/mol. The Balaban J connectivity index is 0.000000123. The molecule has 2 atom stereocenters. The Morgan fingerprint density at radius 1 is 0.515 bits per heavy atom. The van der Waals surface area contributed by atoms with Gasteiger partial charge in [-0.15, -0.1) is 68.0 Å². The van der Waals surface area contributed by atoms with Gasteiger partial charge in [0.15, 0.2) is 7.38 Å². The highest BCUT2D eigenvalue weighted by atomic mass is 35.6. The van der Waals surface area contributed by atoms with Gasteiger partial charge in [-0.3, -0.25) is 0 Å². The maximum atomic E-state index is 6.85. The van der Waals surface area contributed by atoms with Gasteiger partial charge in [0.1, 0.15) is 8.24 Å². The number of hydrogen-bond acceptors (Lipinski definition) is 8.